The van der Waals surface area contributed by atoms with Gasteiger partial charge < -0.3 is 10.2 Å². The number of H-pyrrole nitrogens is 1. The Hall–Kier alpha value is -3.42. The molecule has 0 radical (unpaired) electrons. The van der Waals surface area contributed by atoms with Crippen molar-refractivity contribution in [3.63, 3.8) is 0 Å². The van der Waals surface area contributed by atoms with Crippen LogP contribution in [-0.2, 0) is 16.0 Å². The maximum atomic E-state index is 12.9. The van der Waals surface area contributed by atoms with E-state index in [2.05, 4.69) is 15.4 Å². The first-order valence-corrected chi connectivity index (χ1v) is 10.1. The molecule has 3 heterocycles. The summed E-state index contributed by atoms with van der Waals surface area (Å²) in [5.74, 6) is -0.0781. The summed E-state index contributed by atoms with van der Waals surface area (Å²) >= 11 is 0. The molecule has 1 saturated heterocycles. The molecule has 156 valence electrons. The largest absolute Gasteiger partial charge is 0.342 e. The molecule has 1 fully saturated rings. The van der Waals surface area contributed by atoms with Crippen LogP contribution in [0.2, 0.25) is 0 Å². The van der Waals surface area contributed by atoms with Crippen molar-refractivity contribution >= 4 is 23.1 Å². The Kier molecular flexibility index (Phi) is 5.39. The topological polar surface area (TPSA) is 99.6 Å². The van der Waals surface area contributed by atoms with Crippen LogP contribution in [0.1, 0.15) is 29.8 Å². The molecule has 8 nitrogen and oxygen atoms in total. The van der Waals surface area contributed by atoms with Crippen molar-refractivity contribution in [2.75, 3.05) is 18.4 Å². The molecule has 0 spiro atoms. The van der Waals surface area contributed by atoms with E-state index in [4.69, 9.17) is 0 Å². The predicted molar refractivity (Wildman–Crippen MR) is 113 cm³/mol. The second-order valence-electron chi connectivity index (χ2n) is 7.76. The van der Waals surface area contributed by atoms with Crippen LogP contribution in [0.3, 0.4) is 0 Å². The number of aromatic nitrogens is 3. The van der Waals surface area contributed by atoms with Gasteiger partial charge >= 0.3 is 0 Å². The Morgan fingerprint density at radius 2 is 1.87 bits per heavy atom. The highest BCUT2D eigenvalue weighted by Crippen LogP contribution is 2.21. The first kappa shape index (κ1) is 19.9. The van der Waals surface area contributed by atoms with Crippen LogP contribution in [0.15, 0.2) is 41.2 Å². The number of nitrogens with one attached hydrogen (secondary N) is 2. The van der Waals surface area contributed by atoms with Crippen LogP contribution in [0.5, 0.6) is 0 Å². The molecule has 0 atom stereocenters. The molecule has 0 saturated carbocycles. The van der Waals surface area contributed by atoms with Crippen LogP contribution in [0, 0.1) is 19.8 Å². The highest BCUT2D eigenvalue weighted by molar-refractivity contribution is 5.92. The van der Waals surface area contributed by atoms with E-state index in [0.717, 1.165) is 22.6 Å². The fourth-order valence-corrected chi connectivity index (χ4v) is 4.03. The fourth-order valence-electron chi connectivity index (χ4n) is 4.03. The first-order chi connectivity index (χ1) is 14.4. The second kappa shape index (κ2) is 8.14. The predicted octanol–water partition coefficient (Wildman–Crippen LogP) is 2.06. The average Bonchev–Trinajstić information content (AvgIpc) is 3.12. The molecule has 8 heteroatoms. The van der Waals surface area contributed by atoms with E-state index in [0.29, 0.717) is 31.6 Å². The van der Waals surface area contributed by atoms with Crippen molar-refractivity contribution in [3.8, 4) is 0 Å². The summed E-state index contributed by atoms with van der Waals surface area (Å²) in [6.07, 6.45) is 1.51. The minimum Gasteiger partial charge on any atom is -0.342 e. The average molecular weight is 407 g/mol. The number of para-hydroxylation sites is 1. The van der Waals surface area contributed by atoms with Gasteiger partial charge in [-0.15, -0.1) is 0 Å². The molecule has 3 aromatic rings. The maximum Gasteiger partial charge on any atom is 0.266 e. The van der Waals surface area contributed by atoms with Crippen molar-refractivity contribution < 1.29 is 9.59 Å². The smallest absolute Gasteiger partial charge is 0.266 e. The molecule has 1 aliphatic heterocycles. The van der Waals surface area contributed by atoms with E-state index in [1.54, 1.807) is 4.52 Å². The van der Waals surface area contributed by atoms with Crippen LogP contribution < -0.4 is 10.9 Å². The van der Waals surface area contributed by atoms with Crippen molar-refractivity contribution in [3.05, 3.63) is 63.7 Å². The number of hydrogen-bond acceptors (Lipinski definition) is 4. The lowest BCUT2D eigenvalue weighted by molar-refractivity contribution is -0.133. The standard InChI is InChI=1S/C22H25N5O3/c1-14-18(15(2)27-19(23-14)13-20(28)25-27)12-21(29)26-10-8-16(9-11-26)22(30)24-17-6-4-3-5-7-17/h3-7,13,16H,8-12H2,1-2H3,(H,24,30)(H,25,28). The Morgan fingerprint density at radius 1 is 1.17 bits per heavy atom. The van der Waals surface area contributed by atoms with Gasteiger partial charge in [-0.1, -0.05) is 18.2 Å². The third-order valence-corrected chi connectivity index (χ3v) is 5.79. The van der Waals surface area contributed by atoms with Gasteiger partial charge in [-0.3, -0.25) is 19.5 Å². The first-order valence-electron chi connectivity index (χ1n) is 10.1. The minimum absolute atomic E-state index is 0.00574. The normalized spacial score (nSPS) is 14.8. The molecule has 0 bridgehead atoms. The van der Waals surface area contributed by atoms with E-state index in [1.807, 2.05) is 49.1 Å². The van der Waals surface area contributed by atoms with Gasteiger partial charge in [-0.2, -0.15) is 0 Å². The van der Waals surface area contributed by atoms with Gasteiger partial charge in [-0.05, 0) is 38.8 Å². The number of aryl methyl sites for hydroxylation is 2. The monoisotopic (exact) mass is 407 g/mol. The zero-order chi connectivity index (χ0) is 21.3. The van der Waals surface area contributed by atoms with Gasteiger partial charge in [0.1, 0.15) is 0 Å². The summed E-state index contributed by atoms with van der Waals surface area (Å²) in [5, 5.41) is 5.66. The number of benzene rings is 1. The quantitative estimate of drug-likeness (QED) is 0.691. The van der Waals surface area contributed by atoms with Crippen LogP contribution in [0.25, 0.3) is 5.65 Å². The number of likely N-dealkylation sites (tertiary alicyclic amines) is 1. The molecule has 1 aliphatic rings. The second-order valence-corrected chi connectivity index (χ2v) is 7.76. The summed E-state index contributed by atoms with van der Waals surface area (Å²) in [7, 11) is 0. The summed E-state index contributed by atoms with van der Waals surface area (Å²) in [6.45, 7) is 4.84. The number of fused-ring (bicyclic) bond motifs is 1. The summed E-state index contributed by atoms with van der Waals surface area (Å²) in [5.41, 5.74) is 3.50. The minimum atomic E-state index is -0.218. The number of hydrogen-bond donors (Lipinski definition) is 2. The molecule has 2 amide bonds. The molecule has 0 unspecified atom stereocenters. The third kappa shape index (κ3) is 3.98. The fraction of sp³-hybridized carbons (Fsp3) is 0.364. The van der Waals surface area contributed by atoms with Gasteiger partial charge in [0.05, 0.1) is 6.42 Å². The number of nitrogens with zero attached hydrogens (tertiary/aromatic N) is 3. The van der Waals surface area contributed by atoms with Crippen molar-refractivity contribution in [1.82, 2.24) is 19.5 Å². The molecule has 0 aliphatic carbocycles. The van der Waals surface area contributed by atoms with Gasteiger partial charge in [0, 0.05) is 47.7 Å². The molecule has 2 N–H and O–H groups in total. The van der Waals surface area contributed by atoms with Crippen molar-refractivity contribution in [1.29, 1.82) is 0 Å². The number of piperidine rings is 1. The molecule has 4 rings (SSSR count). The highest BCUT2D eigenvalue weighted by Gasteiger charge is 2.28. The van der Waals surface area contributed by atoms with Gasteiger partial charge in [-0.25, -0.2) is 9.50 Å². The summed E-state index contributed by atoms with van der Waals surface area (Å²) in [4.78, 5) is 43.3. The zero-order valence-electron chi connectivity index (χ0n) is 17.1. The Balaban J connectivity index is 1.38. The highest BCUT2D eigenvalue weighted by atomic mass is 16.2. The van der Waals surface area contributed by atoms with Crippen molar-refractivity contribution in [2.24, 2.45) is 5.92 Å². The van der Waals surface area contributed by atoms with E-state index in [1.165, 1.54) is 6.07 Å². The van der Waals surface area contributed by atoms with E-state index < -0.39 is 0 Å². The molecular weight excluding hydrogens is 382 g/mol. The summed E-state index contributed by atoms with van der Waals surface area (Å²) in [6, 6.07) is 10.8. The maximum absolute atomic E-state index is 12.9. The molecular formula is C22H25N5O3. The number of rotatable bonds is 4. The lowest BCUT2D eigenvalue weighted by Crippen LogP contribution is -2.42. The molecule has 2 aromatic heterocycles. The zero-order valence-corrected chi connectivity index (χ0v) is 17.1. The van der Waals surface area contributed by atoms with Gasteiger partial charge in [0.2, 0.25) is 11.8 Å². The van der Waals surface area contributed by atoms with E-state index >= 15 is 0 Å². The Morgan fingerprint density at radius 3 is 2.57 bits per heavy atom. The van der Waals surface area contributed by atoms with Crippen LogP contribution in [0.4, 0.5) is 5.69 Å². The number of amides is 2. The SMILES string of the molecule is Cc1nc2cc(=O)[nH]n2c(C)c1CC(=O)N1CCC(C(=O)Nc2ccccc2)CC1. The van der Waals surface area contributed by atoms with E-state index in [-0.39, 0.29) is 29.7 Å². The number of anilines is 1. The number of carbonyl (C=O) groups excluding carboxylic acids is 2. The van der Waals surface area contributed by atoms with Crippen LogP contribution >= 0.6 is 0 Å². The van der Waals surface area contributed by atoms with Crippen LogP contribution in [-0.4, -0.2) is 44.4 Å². The van der Waals surface area contributed by atoms with Gasteiger partial charge in [0.15, 0.2) is 5.65 Å². The van der Waals surface area contributed by atoms with E-state index in [9.17, 15) is 14.4 Å². The lowest BCUT2D eigenvalue weighted by Gasteiger charge is -2.31. The number of carbonyl (C=O) groups is 2. The Labute approximate surface area is 173 Å². The number of aromatic amines is 1. The molecule has 1 aromatic carbocycles. The third-order valence-electron chi connectivity index (χ3n) is 5.79. The summed E-state index contributed by atoms with van der Waals surface area (Å²) < 4.78 is 1.62. The lowest BCUT2D eigenvalue weighted by atomic mass is 9.95. The molecule has 30 heavy (non-hydrogen) atoms. The Bertz CT molecular complexity index is 1140. The van der Waals surface area contributed by atoms with Gasteiger partial charge in [0.25, 0.3) is 5.56 Å². The van der Waals surface area contributed by atoms with Crippen molar-refractivity contribution in [2.45, 2.75) is 33.1 Å².